The molecule has 1 N–H and O–H groups in total. The van der Waals surface area contributed by atoms with Crippen molar-refractivity contribution in [2.75, 3.05) is 13.7 Å². The summed E-state index contributed by atoms with van der Waals surface area (Å²) in [4.78, 5) is 22.8. The first-order chi connectivity index (χ1) is 10.2. The molecule has 0 aliphatic heterocycles. The van der Waals surface area contributed by atoms with Crippen LogP contribution in [0, 0.1) is 0 Å². The van der Waals surface area contributed by atoms with Crippen LogP contribution in [0.3, 0.4) is 0 Å². The molecule has 0 atom stereocenters. The zero-order valence-electron chi connectivity index (χ0n) is 12.6. The number of hydrogen-bond acceptors (Lipinski definition) is 3. The standard InChI is InChI=1S/C17H23NO3/c1-21-17(20)7-4-10-18-16(19)12-13-8-9-14-5-2-3-6-15(14)11-13/h8-9,11H,2-7,10,12H2,1H3,(H,18,19). The quantitative estimate of drug-likeness (QED) is 0.645. The molecule has 21 heavy (non-hydrogen) atoms. The van der Waals surface area contributed by atoms with Gasteiger partial charge >= 0.3 is 5.97 Å². The minimum atomic E-state index is -0.237. The lowest BCUT2D eigenvalue weighted by Gasteiger charge is -2.16. The number of ether oxygens (including phenoxy) is 1. The van der Waals surface area contributed by atoms with Crippen molar-refractivity contribution in [3.8, 4) is 0 Å². The lowest BCUT2D eigenvalue weighted by Crippen LogP contribution is -2.26. The van der Waals surface area contributed by atoms with Gasteiger partial charge in [-0.3, -0.25) is 9.59 Å². The van der Waals surface area contributed by atoms with Gasteiger partial charge in [-0.05, 0) is 48.8 Å². The molecule has 0 spiro atoms. The van der Waals surface area contributed by atoms with E-state index < -0.39 is 0 Å². The summed E-state index contributed by atoms with van der Waals surface area (Å²) < 4.78 is 4.55. The molecule has 4 nitrogen and oxygen atoms in total. The van der Waals surface area contributed by atoms with Crippen LogP contribution in [0.25, 0.3) is 0 Å². The van der Waals surface area contributed by atoms with E-state index in [1.165, 1.54) is 31.1 Å². The van der Waals surface area contributed by atoms with Crippen molar-refractivity contribution < 1.29 is 14.3 Å². The zero-order chi connectivity index (χ0) is 15.1. The molecule has 4 heteroatoms. The number of amides is 1. The summed E-state index contributed by atoms with van der Waals surface area (Å²) in [5.41, 5.74) is 3.90. The third-order valence-electron chi connectivity index (χ3n) is 3.89. The minimum absolute atomic E-state index is 0.00984. The fraction of sp³-hybridized carbons (Fsp3) is 0.529. The van der Waals surface area contributed by atoms with Gasteiger partial charge in [-0.1, -0.05) is 18.2 Å². The summed E-state index contributed by atoms with van der Waals surface area (Å²) in [6.07, 6.45) is 6.17. The van der Waals surface area contributed by atoms with E-state index in [4.69, 9.17) is 0 Å². The Balaban J connectivity index is 1.76. The van der Waals surface area contributed by atoms with E-state index in [1.54, 1.807) is 0 Å². The van der Waals surface area contributed by atoms with Crippen LogP contribution in [0.4, 0.5) is 0 Å². The molecule has 0 saturated carbocycles. The minimum Gasteiger partial charge on any atom is -0.469 e. The molecular weight excluding hydrogens is 266 g/mol. The molecule has 114 valence electrons. The van der Waals surface area contributed by atoms with E-state index in [2.05, 4.69) is 28.3 Å². The van der Waals surface area contributed by atoms with Gasteiger partial charge in [0.15, 0.2) is 0 Å². The number of methoxy groups -OCH3 is 1. The average molecular weight is 289 g/mol. The maximum Gasteiger partial charge on any atom is 0.305 e. The molecule has 0 radical (unpaired) electrons. The summed E-state index contributed by atoms with van der Waals surface area (Å²) in [6.45, 7) is 0.513. The van der Waals surface area contributed by atoms with Gasteiger partial charge < -0.3 is 10.1 Å². The predicted octanol–water partition coefficient (Wildman–Crippen LogP) is 2.18. The summed E-state index contributed by atoms with van der Waals surface area (Å²) >= 11 is 0. The summed E-state index contributed by atoms with van der Waals surface area (Å²) in [5, 5.41) is 2.84. The molecule has 0 saturated heterocycles. The lowest BCUT2D eigenvalue weighted by atomic mass is 9.90. The van der Waals surface area contributed by atoms with Crippen molar-refractivity contribution in [3.63, 3.8) is 0 Å². The maximum atomic E-state index is 11.9. The molecule has 0 heterocycles. The van der Waals surface area contributed by atoms with E-state index in [0.29, 0.717) is 25.8 Å². The van der Waals surface area contributed by atoms with Crippen LogP contribution in [0.1, 0.15) is 42.4 Å². The SMILES string of the molecule is COC(=O)CCCNC(=O)Cc1ccc2c(c1)CCCC2. The maximum absolute atomic E-state index is 11.9. The van der Waals surface area contributed by atoms with Crippen molar-refractivity contribution >= 4 is 11.9 Å². The van der Waals surface area contributed by atoms with Crippen molar-refractivity contribution in [2.24, 2.45) is 0 Å². The Morgan fingerprint density at radius 3 is 2.71 bits per heavy atom. The first kappa shape index (κ1) is 15.5. The Bertz CT molecular complexity index is 511. The third kappa shape index (κ3) is 4.88. The van der Waals surface area contributed by atoms with E-state index in [-0.39, 0.29) is 11.9 Å². The first-order valence-electron chi connectivity index (χ1n) is 7.63. The number of hydrogen-bond donors (Lipinski definition) is 1. The van der Waals surface area contributed by atoms with E-state index in [9.17, 15) is 9.59 Å². The van der Waals surface area contributed by atoms with Crippen molar-refractivity contribution in [1.82, 2.24) is 5.32 Å². The van der Waals surface area contributed by atoms with Gasteiger partial charge in [0.1, 0.15) is 0 Å². The summed E-state index contributed by atoms with van der Waals surface area (Å²) in [5.74, 6) is -0.227. The highest BCUT2D eigenvalue weighted by Crippen LogP contribution is 2.22. The highest BCUT2D eigenvalue weighted by atomic mass is 16.5. The highest BCUT2D eigenvalue weighted by molar-refractivity contribution is 5.78. The Kier molecular flexibility index (Phi) is 5.78. The Morgan fingerprint density at radius 2 is 1.95 bits per heavy atom. The number of esters is 1. The average Bonchev–Trinajstić information content (AvgIpc) is 2.51. The van der Waals surface area contributed by atoms with Crippen LogP contribution >= 0.6 is 0 Å². The van der Waals surface area contributed by atoms with Crippen LogP contribution in [-0.2, 0) is 33.6 Å². The van der Waals surface area contributed by atoms with Gasteiger partial charge in [-0.25, -0.2) is 0 Å². The largest absolute Gasteiger partial charge is 0.469 e. The van der Waals surface area contributed by atoms with Crippen molar-refractivity contribution in [1.29, 1.82) is 0 Å². The van der Waals surface area contributed by atoms with Crippen molar-refractivity contribution in [2.45, 2.75) is 44.9 Å². The van der Waals surface area contributed by atoms with E-state index in [0.717, 1.165) is 18.4 Å². The lowest BCUT2D eigenvalue weighted by molar-refractivity contribution is -0.140. The smallest absolute Gasteiger partial charge is 0.305 e. The molecule has 0 unspecified atom stereocenters. The van der Waals surface area contributed by atoms with Crippen LogP contribution in [-0.4, -0.2) is 25.5 Å². The fourth-order valence-electron chi connectivity index (χ4n) is 2.71. The number of nitrogens with one attached hydrogen (secondary N) is 1. The molecule has 0 aromatic heterocycles. The molecule has 2 rings (SSSR count). The molecular formula is C17H23NO3. The number of carbonyl (C=O) groups excluding carboxylic acids is 2. The topological polar surface area (TPSA) is 55.4 Å². The van der Waals surface area contributed by atoms with E-state index in [1.807, 2.05) is 0 Å². The number of fused-ring (bicyclic) bond motifs is 1. The number of carbonyl (C=O) groups is 2. The predicted molar refractivity (Wildman–Crippen MR) is 81.0 cm³/mol. The Labute approximate surface area is 125 Å². The Hall–Kier alpha value is -1.84. The third-order valence-corrected chi connectivity index (χ3v) is 3.89. The molecule has 1 aliphatic rings. The van der Waals surface area contributed by atoms with Crippen LogP contribution in [0.15, 0.2) is 18.2 Å². The van der Waals surface area contributed by atoms with Gasteiger partial charge in [-0.2, -0.15) is 0 Å². The Morgan fingerprint density at radius 1 is 1.19 bits per heavy atom. The molecule has 1 aromatic carbocycles. The molecule has 0 bridgehead atoms. The van der Waals surface area contributed by atoms with Crippen LogP contribution in [0.5, 0.6) is 0 Å². The second-order valence-corrected chi connectivity index (χ2v) is 5.52. The summed E-state index contributed by atoms with van der Waals surface area (Å²) in [6, 6.07) is 6.38. The fourth-order valence-corrected chi connectivity index (χ4v) is 2.71. The zero-order valence-corrected chi connectivity index (χ0v) is 12.6. The summed E-state index contributed by atoms with van der Waals surface area (Å²) in [7, 11) is 1.37. The highest BCUT2D eigenvalue weighted by Gasteiger charge is 2.11. The van der Waals surface area contributed by atoms with Crippen LogP contribution in [0.2, 0.25) is 0 Å². The number of benzene rings is 1. The van der Waals surface area contributed by atoms with Crippen LogP contribution < -0.4 is 5.32 Å². The van der Waals surface area contributed by atoms with Gasteiger partial charge in [0.2, 0.25) is 5.91 Å². The van der Waals surface area contributed by atoms with Crippen molar-refractivity contribution in [3.05, 3.63) is 34.9 Å². The molecule has 1 aliphatic carbocycles. The van der Waals surface area contributed by atoms with E-state index >= 15 is 0 Å². The van der Waals surface area contributed by atoms with Gasteiger partial charge in [0, 0.05) is 13.0 Å². The monoisotopic (exact) mass is 289 g/mol. The van der Waals surface area contributed by atoms with Gasteiger partial charge in [0.25, 0.3) is 0 Å². The second-order valence-electron chi connectivity index (χ2n) is 5.52. The number of rotatable bonds is 6. The van der Waals surface area contributed by atoms with Gasteiger partial charge in [-0.15, -0.1) is 0 Å². The molecule has 1 amide bonds. The molecule has 0 fully saturated rings. The molecule has 1 aromatic rings. The first-order valence-corrected chi connectivity index (χ1v) is 7.63. The second kappa shape index (κ2) is 7.81. The normalized spacial score (nSPS) is 13.4. The number of aryl methyl sites for hydroxylation is 2. The van der Waals surface area contributed by atoms with Gasteiger partial charge in [0.05, 0.1) is 13.5 Å².